The third kappa shape index (κ3) is 3.93. The molecule has 4 heteroatoms. The maximum atomic E-state index is 13.5. The highest BCUT2D eigenvalue weighted by Gasteiger charge is 2.11. The summed E-state index contributed by atoms with van der Waals surface area (Å²) in [5.74, 6) is -0.218. The molecule has 1 aromatic carbocycles. The first-order chi connectivity index (χ1) is 9.37. The van der Waals surface area contributed by atoms with Crippen LogP contribution in [0.25, 0.3) is 0 Å². The van der Waals surface area contributed by atoms with E-state index in [2.05, 4.69) is 52.7 Å². The zero-order valence-electron chi connectivity index (χ0n) is 12.1. The van der Waals surface area contributed by atoms with Gasteiger partial charge in [-0.15, -0.1) is 0 Å². The van der Waals surface area contributed by atoms with Gasteiger partial charge in [0.05, 0.1) is 4.47 Å². The lowest BCUT2D eigenvalue weighted by molar-refractivity contribution is 0.417. The van der Waals surface area contributed by atoms with Crippen LogP contribution in [0.15, 0.2) is 41.0 Å². The second kappa shape index (κ2) is 6.10. The second-order valence-electron chi connectivity index (χ2n) is 5.94. The van der Waals surface area contributed by atoms with E-state index in [1.165, 1.54) is 11.8 Å². The van der Waals surface area contributed by atoms with Crippen molar-refractivity contribution in [1.29, 1.82) is 0 Å². The number of hydrogen-bond acceptors (Lipinski definition) is 1. The quantitative estimate of drug-likeness (QED) is 0.878. The largest absolute Gasteiger partial charge is 0.346 e. The highest BCUT2D eigenvalue weighted by Crippen LogP contribution is 2.22. The van der Waals surface area contributed by atoms with Crippen molar-refractivity contribution in [2.24, 2.45) is 0 Å². The molecule has 2 nitrogen and oxygen atoms in total. The SMILES string of the molecule is CC(C)(C)NCc1cccn1Cc1cccc(F)c1Br. The smallest absolute Gasteiger partial charge is 0.137 e. The minimum atomic E-state index is -0.218. The van der Waals surface area contributed by atoms with Crippen molar-refractivity contribution in [2.75, 3.05) is 0 Å². The zero-order chi connectivity index (χ0) is 14.8. The van der Waals surface area contributed by atoms with Gasteiger partial charge in [0.15, 0.2) is 0 Å². The lowest BCUT2D eigenvalue weighted by atomic mass is 10.1. The third-order valence-corrected chi connectivity index (χ3v) is 3.98. The normalized spacial score (nSPS) is 11.8. The standard InChI is InChI=1S/C16H20BrFN2/c1-16(2,3)19-10-13-7-5-9-20(13)11-12-6-4-8-14(18)15(12)17/h4-9,19H,10-11H2,1-3H3. The molecule has 0 saturated heterocycles. The highest BCUT2D eigenvalue weighted by atomic mass is 79.9. The van der Waals surface area contributed by atoms with Gasteiger partial charge in [0.25, 0.3) is 0 Å². The molecule has 0 bridgehead atoms. The molecule has 0 amide bonds. The summed E-state index contributed by atoms with van der Waals surface area (Å²) in [6.45, 7) is 7.88. The van der Waals surface area contributed by atoms with E-state index in [1.807, 2.05) is 18.3 Å². The zero-order valence-corrected chi connectivity index (χ0v) is 13.7. The van der Waals surface area contributed by atoms with E-state index >= 15 is 0 Å². The van der Waals surface area contributed by atoms with Gasteiger partial charge in [0.1, 0.15) is 5.82 Å². The Hall–Kier alpha value is -1.13. The molecule has 0 aliphatic rings. The van der Waals surface area contributed by atoms with Crippen molar-refractivity contribution in [2.45, 2.75) is 39.4 Å². The Morgan fingerprint density at radius 2 is 1.95 bits per heavy atom. The number of hydrogen-bond donors (Lipinski definition) is 1. The Bertz CT molecular complexity index is 584. The molecule has 1 heterocycles. The van der Waals surface area contributed by atoms with Crippen LogP contribution in [0.1, 0.15) is 32.0 Å². The Labute approximate surface area is 128 Å². The van der Waals surface area contributed by atoms with Crippen molar-refractivity contribution in [1.82, 2.24) is 9.88 Å². The fraction of sp³-hybridized carbons (Fsp3) is 0.375. The van der Waals surface area contributed by atoms with Crippen LogP contribution < -0.4 is 5.32 Å². The molecule has 0 radical (unpaired) electrons. The van der Waals surface area contributed by atoms with Gasteiger partial charge in [-0.2, -0.15) is 0 Å². The molecular formula is C16H20BrFN2. The van der Waals surface area contributed by atoms with Gasteiger partial charge in [0, 0.05) is 30.5 Å². The summed E-state index contributed by atoms with van der Waals surface area (Å²) in [5, 5.41) is 3.47. The maximum absolute atomic E-state index is 13.5. The number of nitrogens with one attached hydrogen (secondary N) is 1. The number of nitrogens with zero attached hydrogens (tertiary/aromatic N) is 1. The molecule has 2 rings (SSSR count). The van der Waals surface area contributed by atoms with Crippen molar-refractivity contribution in [3.05, 3.63) is 58.1 Å². The fourth-order valence-electron chi connectivity index (χ4n) is 1.97. The number of aromatic nitrogens is 1. The molecule has 0 atom stereocenters. The van der Waals surface area contributed by atoms with Crippen LogP contribution in [0.5, 0.6) is 0 Å². The van der Waals surface area contributed by atoms with E-state index in [1.54, 1.807) is 6.07 Å². The molecule has 0 aliphatic carbocycles. The lowest BCUT2D eigenvalue weighted by Gasteiger charge is -2.21. The van der Waals surface area contributed by atoms with E-state index in [0.29, 0.717) is 11.0 Å². The van der Waals surface area contributed by atoms with E-state index in [0.717, 1.165) is 12.1 Å². The average molecular weight is 339 g/mol. The molecule has 0 aliphatic heterocycles. The monoisotopic (exact) mass is 338 g/mol. The molecule has 1 aromatic heterocycles. The van der Waals surface area contributed by atoms with Crippen LogP contribution in [-0.2, 0) is 13.1 Å². The summed E-state index contributed by atoms with van der Waals surface area (Å²) >= 11 is 3.32. The molecular weight excluding hydrogens is 319 g/mol. The first-order valence-corrected chi connectivity index (χ1v) is 7.48. The molecule has 0 spiro atoms. The van der Waals surface area contributed by atoms with Gasteiger partial charge < -0.3 is 9.88 Å². The Balaban J connectivity index is 2.14. The molecule has 108 valence electrons. The van der Waals surface area contributed by atoms with E-state index in [9.17, 15) is 4.39 Å². The van der Waals surface area contributed by atoms with Crippen LogP contribution in [0.2, 0.25) is 0 Å². The van der Waals surface area contributed by atoms with Crippen LogP contribution in [0, 0.1) is 5.82 Å². The van der Waals surface area contributed by atoms with Crippen molar-refractivity contribution in [3.63, 3.8) is 0 Å². The number of rotatable bonds is 4. The minimum absolute atomic E-state index is 0.0779. The Kier molecular flexibility index (Phi) is 4.66. The van der Waals surface area contributed by atoms with E-state index in [-0.39, 0.29) is 11.4 Å². The van der Waals surface area contributed by atoms with Crippen molar-refractivity contribution in [3.8, 4) is 0 Å². The summed E-state index contributed by atoms with van der Waals surface area (Å²) in [6, 6.07) is 9.25. The van der Waals surface area contributed by atoms with Gasteiger partial charge in [-0.05, 0) is 60.5 Å². The maximum Gasteiger partial charge on any atom is 0.137 e. The first-order valence-electron chi connectivity index (χ1n) is 6.69. The Morgan fingerprint density at radius 3 is 2.65 bits per heavy atom. The number of benzene rings is 1. The van der Waals surface area contributed by atoms with Crippen molar-refractivity contribution >= 4 is 15.9 Å². The molecule has 0 saturated carbocycles. The average Bonchev–Trinajstić information content (AvgIpc) is 2.79. The molecule has 0 unspecified atom stereocenters. The molecule has 0 fully saturated rings. The van der Waals surface area contributed by atoms with Crippen LogP contribution in [-0.4, -0.2) is 10.1 Å². The lowest BCUT2D eigenvalue weighted by Crippen LogP contribution is -2.35. The van der Waals surface area contributed by atoms with Crippen molar-refractivity contribution < 1.29 is 4.39 Å². The fourth-order valence-corrected chi connectivity index (χ4v) is 2.36. The molecule has 2 aromatic rings. The van der Waals surface area contributed by atoms with Crippen LogP contribution in [0.3, 0.4) is 0 Å². The van der Waals surface area contributed by atoms with Crippen LogP contribution >= 0.6 is 15.9 Å². The summed E-state index contributed by atoms with van der Waals surface area (Å²) < 4.78 is 16.2. The second-order valence-corrected chi connectivity index (χ2v) is 6.74. The topological polar surface area (TPSA) is 17.0 Å². The highest BCUT2D eigenvalue weighted by molar-refractivity contribution is 9.10. The third-order valence-electron chi connectivity index (χ3n) is 3.10. The van der Waals surface area contributed by atoms with Gasteiger partial charge >= 0.3 is 0 Å². The van der Waals surface area contributed by atoms with Gasteiger partial charge in [-0.25, -0.2) is 4.39 Å². The van der Waals surface area contributed by atoms with E-state index in [4.69, 9.17) is 0 Å². The summed E-state index contributed by atoms with van der Waals surface area (Å²) in [5.41, 5.74) is 2.21. The van der Waals surface area contributed by atoms with Gasteiger partial charge in [-0.1, -0.05) is 12.1 Å². The van der Waals surface area contributed by atoms with Crippen LogP contribution in [0.4, 0.5) is 4.39 Å². The predicted molar refractivity (Wildman–Crippen MR) is 84.2 cm³/mol. The van der Waals surface area contributed by atoms with Gasteiger partial charge in [-0.3, -0.25) is 0 Å². The molecule has 1 N–H and O–H groups in total. The first kappa shape index (κ1) is 15.3. The predicted octanol–water partition coefficient (Wildman–Crippen LogP) is 4.33. The van der Waals surface area contributed by atoms with E-state index < -0.39 is 0 Å². The summed E-state index contributed by atoms with van der Waals surface area (Å²) in [4.78, 5) is 0. The number of halogens is 2. The van der Waals surface area contributed by atoms with Gasteiger partial charge in [0.2, 0.25) is 0 Å². The summed E-state index contributed by atoms with van der Waals surface area (Å²) in [7, 11) is 0. The Morgan fingerprint density at radius 1 is 1.20 bits per heavy atom. The summed E-state index contributed by atoms with van der Waals surface area (Å²) in [6.07, 6.45) is 2.02. The molecule has 20 heavy (non-hydrogen) atoms. The minimum Gasteiger partial charge on any atom is -0.346 e.